The fourth-order valence-electron chi connectivity index (χ4n) is 4.10. The van der Waals surface area contributed by atoms with Gasteiger partial charge in [-0.3, -0.25) is 0 Å². The molecule has 0 radical (unpaired) electrons. The summed E-state index contributed by atoms with van der Waals surface area (Å²) in [6.07, 6.45) is 10.1. The van der Waals surface area contributed by atoms with Crippen LogP contribution in [0.3, 0.4) is 0 Å². The third-order valence-corrected chi connectivity index (χ3v) is 7.08. The van der Waals surface area contributed by atoms with Gasteiger partial charge in [0, 0.05) is 47.6 Å². The number of nitrogens with zero attached hydrogens (tertiary/aromatic N) is 6. The van der Waals surface area contributed by atoms with E-state index in [-0.39, 0.29) is 45.6 Å². The average molecular weight is 712 g/mol. The third kappa shape index (κ3) is 12.3. The minimum Gasteiger partial charge on any atom is -0.741 e. The van der Waals surface area contributed by atoms with Gasteiger partial charge in [-0.2, -0.15) is 20.4 Å². The number of ether oxygens (including phenoxy) is 2. The van der Waals surface area contributed by atoms with Crippen molar-refractivity contribution in [3.05, 3.63) is 47.5 Å². The fourth-order valence-corrected chi connectivity index (χ4v) is 4.56. The Kier molecular flexibility index (Phi) is 18.1. The van der Waals surface area contributed by atoms with E-state index in [1.54, 1.807) is 50.6 Å². The van der Waals surface area contributed by atoms with E-state index in [1.807, 2.05) is 0 Å². The van der Waals surface area contributed by atoms with Crippen LogP contribution in [0, 0.1) is 0 Å². The molecule has 2 fully saturated rings. The molecular weight excluding hydrogens is 676 g/mol. The monoisotopic (exact) mass is 710 g/mol. The van der Waals surface area contributed by atoms with Crippen molar-refractivity contribution >= 4 is 48.0 Å². The Morgan fingerprint density at radius 2 is 1.02 bits per heavy atom. The molecule has 0 atom stereocenters. The van der Waals surface area contributed by atoms with E-state index in [2.05, 4.69) is 30.2 Å². The van der Waals surface area contributed by atoms with Crippen LogP contribution >= 0.6 is 0 Å². The molecule has 42 heavy (non-hydrogen) atoms. The van der Waals surface area contributed by atoms with E-state index in [0.717, 1.165) is 51.9 Å². The van der Waals surface area contributed by atoms with E-state index < -0.39 is 0 Å². The molecule has 236 valence electrons. The molecule has 0 spiro atoms. The summed E-state index contributed by atoms with van der Waals surface area (Å²) in [6, 6.07) is 9.87. The molecule has 10 nitrogen and oxygen atoms in total. The predicted molar refractivity (Wildman–Crippen MR) is 165 cm³/mol. The van der Waals surface area contributed by atoms with Crippen LogP contribution in [0.5, 0.6) is 23.0 Å². The number of piperidine rings is 2. The number of phenols is 2. The topological polar surface area (TPSA) is 115 Å². The molecule has 2 aliphatic heterocycles. The van der Waals surface area contributed by atoms with Crippen LogP contribution in [0.2, 0.25) is 0 Å². The number of methoxy groups -OCH3 is 2. The molecule has 0 aliphatic carbocycles. The number of phenolic OH excluding ortho intramolecular Hbond substituents is 2. The summed E-state index contributed by atoms with van der Waals surface area (Å²) in [7, 11) is 3.15. The van der Waals surface area contributed by atoms with Crippen molar-refractivity contribution in [2.45, 2.75) is 38.5 Å². The van der Waals surface area contributed by atoms with Gasteiger partial charge < -0.3 is 54.7 Å². The zero-order valence-corrected chi connectivity index (χ0v) is 27.0. The molecule has 2 N–H and O–H groups in total. The van der Waals surface area contributed by atoms with E-state index in [9.17, 15) is 10.2 Å². The standard InChI is InChI=1S/2C14H19N3O2S.2Cu/c2*1-19-12-5-6-13(18)11(9-12)10-15-16-14(20)17-7-3-2-4-8-17;;/h2*5-6,9-10,18H,2-4,7-8H2,1H3,(H,16,20);;/q;;2*+1/p-2/b2*15-10+;;. The Morgan fingerprint density at radius 1 is 0.667 bits per heavy atom. The third-order valence-electron chi connectivity index (χ3n) is 6.40. The van der Waals surface area contributed by atoms with Gasteiger partial charge in [0.2, 0.25) is 0 Å². The zero-order chi connectivity index (χ0) is 28.7. The number of likely N-dealkylation sites (tertiary alicyclic amines) is 2. The summed E-state index contributed by atoms with van der Waals surface area (Å²) >= 11 is 10.5. The Bertz CT molecular complexity index is 1130. The maximum Gasteiger partial charge on any atom is 1.00 e. The first-order valence-electron chi connectivity index (χ1n) is 13.2. The van der Waals surface area contributed by atoms with Crippen molar-refractivity contribution in [2.75, 3.05) is 40.4 Å². The summed E-state index contributed by atoms with van der Waals surface area (Å²) < 4.78 is 10.2. The van der Waals surface area contributed by atoms with Gasteiger partial charge in [-0.1, -0.05) is 0 Å². The van der Waals surface area contributed by atoms with Crippen LogP contribution in [0.25, 0.3) is 0 Å². The van der Waals surface area contributed by atoms with Gasteiger partial charge in [0.15, 0.2) is 0 Å². The smallest absolute Gasteiger partial charge is 0.741 e. The molecule has 0 bridgehead atoms. The number of hydrogen-bond acceptors (Lipinski definition) is 10. The SMILES string of the molecule is COc1ccc(O)c(/C=N/N=C(\[S-])N2CCCCC2)c1.COc1ccc(O)c(/C=N/N=C(\[S-])N2CCCCC2)c1.[Cu+].[Cu+]. The van der Waals surface area contributed by atoms with Crippen LogP contribution < -0.4 is 9.47 Å². The molecule has 4 rings (SSSR count). The first kappa shape index (κ1) is 37.4. The van der Waals surface area contributed by atoms with Crippen molar-refractivity contribution in [3.8, 4) is 23.0 Å². The van der Waals surface area contributed by atoms with Gasteiger partial charge in [0.25, 0.3) is 0 Å². The Labute approximate surface area is 280 Å². The van der Waals surface area contributed by atoms with Gasteiger partial charge in [-0.15, -0.1) is 0 Å². The second kappa shape index (κ2) is 20.3. The molecule has 2 aromatic rings. The van der Waals surface area contributed by atoms with Crippen LogP contribution in [0.15, 0.2) is 56.8 Å². The molecule has 14 heteroatoms. The quantitative estimate of drug-likeness (QED) is 0.151. The minimum absolute atomic E-state index is 0. The predicted octanol–water partition coefficient (Wildman–Crippen LogP) is 4.24. The second-order valence-corrected chi connectivity index (χ2v) is 9.93. The normalized spacial score (nSPS) is 15.9. The van der Waals surface area contributed by atoms with Crippen LogP contribution in [0.1, 0.15) is 49.7 Å². The zero-order valence-electron chi connectivity index (χ0n) is 23.5. The molecule has 0 saturated carbocycles. The van der Waals surface area contributed by atoms with Crippen LogP contribution in [-0.2, 0) is 59.4 Å². The molecule has 2 aromatic carbocycles. The maximum atomic E-state index is 9.71. The summed E-state index contributed by atoms with van der Waals surface area (Å²) in [5, 5.41) is 36.4. The summed E-state index contributed by atoms with van der Waals surface area (Å²) in [6.45, 7) is 3.79. The van der Waals surface area contributed by atoms with Crippen molar-refractivity contribution in [1.82, 2.24) is 9.80 Å². The fraction of sp³-hybridized carbons (Fsp3) is 0.429. The minimum atomic E-state index is 0. The van der Waals surface area contributed by atoms with Crippen molar-refractivity contribution in [2.24, 2.45) is 20.4 Å². The molecule has 2 saturated heterocycles. The first-order chi connectivity index (χ1) is 19.4. The average Bonchev–Trinajstić information content (AvgIpc) is 3.00. The summed E-state index contributed by atoms with van der Waals surface area (Å²) in [5.74, 6) is 1.58. The van der Waals surface area contributed by atoms with Gasteiger partial charge in [-0.25, -0.2) is 0 Å². The Hall–Kier alpha value is -2.60. The van der Waals surface area contributed by atoms with Crippen LogP contribution in [0.4, 0.5) is 0 Å². The van der Waals surface area contributed by atoms with Gasteiger partial charge in [0.05, 0.1) is 26.6 Å². The van der Waals surface area contributed by atoms with Crippen LogP contribution in [-0.4, -0.2) is 83.2 Å². The molecule has 0 amide bonds. The van der Waals surface area contributed by atoms with E-state index in [0.29, 0.717) is 33.0 Å². The first-order valence-corrected chi connectivity index (χ1v) is 14.0. The largest absolute Gasteiger partial charge is 1.00 e. The summed E-state index contributed by atoms with van der Waals surface area (Å²) in [4.78, 5) is 4.11. The van der Waals surface area contributed by atoms with Crippen molar-refractivity contribution < 1.29 is 53.8 Å². The number of amidine groups is 2. The van der Waals surface area contributed by atoms with Gasteiger partial charge >= 0.3 is 34.1 Å². The number of hydrogen-bond donors (Lipinski definition) is 2. The molecule has 0 unspecified atom stereocenters. The molecular formula is C28H36Cu2N6O4S2. The number of aromatic hydroxyl groups is 2. The van der Waals surface area contributed by atoms with Crippen molar-refractivity contribution in [1.29, 1.82) is 0 Å². The molecule has 2 heterocycles. The Morgan fingerprint density at radius 3 is 1.36 bits per heavy atom. The van der Waals surface area contributed by atoms with Crippen molar-refractivity contribution in [3.63, 3.8) is 0 Å². The maximum absolute atomic E-state index is 9.71. The Balaban J connectivity index is 0.000000401. The molecule has 0 aromatic heterocycles. The van der Waals surface area contributed by atoms with E-state index in [1.165, 1.54) is 25.3 Å². The van der Waals surface area contributed by atoms with E-state index >= 15 is 0 Å². The van der Waals surface area contributed by atoms with Gasteiger partial charge in [0.1, 0.15) is 23.0 Å². The number of rotatable bonds is 6. The molecule has 2 aliphatic rings. The van der Waals surface area contributed by atoms with E-state index in [4.69, 9.17) is 34.7 Å². The van der Waals surface area contributed by atoms with Gasteiger partial charge in [-0.05, 0) is 74.9 Å². The summed E-state index contributed by atoms with van der Waals surface area (Å²) in [5.41, 5.74) is 1.10. The second-order valence-electron chi connectivity index (χ2n) is 9.20. The number of benzene rings is 2.